The molecule has 41 heavy (non-hydrogen) atoms. The third kappa shape index (κ3) is 3.08. The summed E-state index contributed by atoms with van der Waals surface area (Å²) < 4.78 is 30.6. The summed E-state index contributed by atoms with van der Waals surface area (Å²) in [5.74, 6) is -2.30. The zero-order chi connectivity index (χ0) is 29.1. The van der Waals surface area contributed by atoms with Gasteiger partial charge in [0, 0.05) is 69.6 Å². The zero-order valence-electron chi connectivity index (χ0n) is 24.4. The third-order valence-corrected chi connectivity index (χ3v) is 12.5. The summed E-state index contributed by atoms with van der Waals surface area (Å²) in [5.41, 5.74) is -3.95. The van der Waals surface area contributed by atoms with Crippen molar-refractivity contribution in [1.29, 1.82) is 0 Å². The van der Waals surface area contributed by atoms with E-state index in [4.69, 9.17) is 23.7 Å². The fraction of sp³-hybridized carbons (Fsp3) is 0.774. The number of rotatable bonds is 7. The second kappa shape index (κ2) is 9.19. The average molecular weight is 574 g/mol. The van der Waals surface area contributed by atoms with Crippen LogP contribution in [0.3, 0.4) is 0 Å². The van der Waals surface area contributed by atoms with Crippen LogP contribution in [0.1, 0.15) is 29.6 Å². The van der Waals surface area contributed by atoms with E-state index in [2.05, 4.69) is 11.9 Å². The highest BCUT2D eigenvalue weighted by Crippen LogP contribution is 2.80. The maximum atomic E-state index is 13.5. The van der Waals surface area contributed by atoms with Gasteiger partial charge in [-0.3, -0.25) is 0 Å². The van der Waals surface area contributed by atoms with E-state index >= 15 is 0 Å². The first-order valence-corrected chi connectivity index (χ1v) is 14.8. The highest BCUT2D eigenvalue weighted by atomic mass is 16.6. The molecule has 10 heteroatoms. The van der Waals surface area contributed by atoms with Gasteiger partial charge in [0.25, 0.3) is 0 Å². The van der Waals surface area contributed by atoms with Crippen LogP contribution < -0.4 is 0 Å². The maximum Gasteiger partial charge on any atom is 0.338 e. The molecule has 5 unspecified atom stereocenters. The molecule has 226 valence electrons. The molecule has 0 radical (unpaired) electrons. The van der Waals surface area contributed by atoms with Crippen LogP contribution >= 0.6 is 0 Å². The van der Waals surface area contributed by atoms with Crippen molar-refractivity contribution in [3.63, 3.8) is 0 Å². The molecule has 0 aromatic heterocycles. The van der Waals surface area contributed by atoms with E-state index in [-0.39, 0.29) is 35.8 Å². The van der Waals surface area contributed by atoms with Crippen LogP contribution in [0.15, 0.2) is 30.3 Å². The Morgan fingerprint density at radius 2 is 1.76 bits per heavy atom. The number of aliphatic hydroxyl groups is 3. The molecule has 0 amide bonds. The Kier molecular flexibility index (Phi) is 6.31. The van der Waals surface area contributed by atoms with E-state index in [1.165, 1.54) is 7.11 Å². The van der Waals surface area contributed by atoms with Gasteiger partial charge in [-0.15, -0.1) is 0 Å². The van der Waals surface area contributed by atoms with E-state index in [1.807, 2.05) is 6.07 Å². The fourth-order valence-electron chi connectivity index (χ4n) is 11.8. The molecule has 7 bridgehead atoms. The number of nitrogens with zero attached hydrogens (tertiary/aromatic N) is 1. The number of likely N-dealkylation sites (tertiary alicyclic amines) is 1. The SMILES string of the molecule is COC[C@@]12CCC(OC)C34C(C(C(OC)[C@@H]31)[C@]1(O)[C@@H]3[C@H]4C[C@@](O)([C@@H]3OC(=O)c3ccccc3)[C@@H](OC)[C@@H]1O)N(C)C2. The second-order valence-corrected chi connectivity index (χ2v) is 13.6. The van der Waals surface area contributed by atoms with Gasteiger partial charge < -0.3 is 43.9 Å². The van der Waals surface area contributed by atoms with Crippen LogP contribution in [-0.2, 0) is 23.7 Å². The van der Waals surface area contributed by atoms with Gasteiger partial charge in [-0.1, -0.05) is 18.2 Å². The van der Waals surface area contributed by atoms with Crippen LogP contribution in [0.2, 0.25) is 0 Å². The molecule has 3 N–H and O–H groups in total. The van der Waals surface area contributed by atoms with Gasteiger partial charge in [-0.05, 0) is 44.4 Å². The fourth-order valence-corrected chi connectivity index (χ4v) is 11.8. The van der Waals surface area contributed by atoms with Crippen molar-refractivity contribution in [3.8, 4) is 0 Å². The highest BCUT2D eigenvalue weighted by Gasteiger charge is 2.90. The molecule has 1 saturated heterocycles. The van der Waals surface area contributed by atoms with Crippen molar-refractivity contribution < 1.29 is 43.8 Å². The normalized spacial score (nSPS) is 52.9. The lowest BCUT2D eigenvalue weighted by Gasteiger charge is -2.69. The van der Waals surface area contributed by atoms with Crippen LogP contribution in [0.5, 0.6) is 0 Å². The Labute approximate surface area is 240 Å². The van der Waals surface area contributed by atoms with Gasteiger partial charge >= 0.3 is 5.97 Å². The minimum Gasteiger partial charge on any atom is -0.455 e. The number of hydrogen-bond acceptors (Lipinski definition) is 10. The van der Waals surface area contributed by atoms with E-state index in [0.717, 1.165) is 19.4 Å². The summed E-state index contributed by atoms with van der Waals surface area (Å²) in [4.78, 5) is 15.8. The summed E-state index contributed by atoms with van der Waals surface area (Å²) in [7, 11) is 8.65. The molecule has 5 saturated carbocycles. The first-order valence-electron chi connectivity index (χ1n) is 14.8. The van der Waals surface area contributed by atoms with Crippen LogP contribution in [0.25, 0.3) is 0 Å². The number of carbonyl (C=O) groups is 1. The standard InChI is InChI=1S/C31H43NO9/c1-32-14-28(15-37-2)12-11-18(38-3)30-17-13-29(35)25(41-27(34)16-9-7-6-8-10-16)19(17)31(36,24(33)26(29)40-5)20(23(30)32)21(39-4)22(28)30/h6-10,17-26,33,35-36H,11-15H2,1-5H3/t17-,18?,19-,20?,21?,22-,23?,24+,25-,26+,28+,29-,30?,31-/m1/s1. The molecule has 6 aliphatic rings. The van der Waals surface area contributed by atoms with Crippen molar-refractivity contribution in [2.24, 2.45) is 34.5 Å². The molecule has 1 spiro atoms. The number of ether oxygens (including phenoxy) is 5. The molecule has 7 rings (SSSR count). The largest absolute Gasteiger partial charge is 0.455 e. The minimum absolute atomic E-state index is 0.0644. The Bertz CT molecular complexity index is 1200. The quantitative estimate of drug-likeness (QED) is 0.402. The van der Waals surface area contributed by atoms with Crippen LogP contribution in [0, 0.1) is 34.5 Å². The first-order chi connectivity index (χ1) is 19.6. The van der Waals surface area contributed by atoms with Crippen molar-refractivity contribution in [2.45, 2.75) is 67.0 Å². The zero-order valence-corrected chi connectivity index (χ0v) is 24.4. The van der Waals surface area contributed by atoms with Gasteiger partial charge in [0.1, 0.15) is 29.5 Å². The highest BCUT2D eigenvalue weighted by molar-refractivity contribution is 5.89. The molecule has 14 atom stereocenters. The molecular formula is C31H43NO9. The summed E-state index contributed by atoms with van der Waals surface area (Å²) in [5, 5.41) is 37.6. The van der Waals surface area contributed by atoms with Crippen LogP contribution in [-0.4, -0.2) is 123 Å². The van der Waals surface area contributed by atoms with Crippen molar-refractivity contribution in [2.75, 3.05) is 48.6 Å². The number of benzene rings is 1. The Hall–Kier alpha value is -1.63. The van der Waals surface area contributed by atoms with Crippen molar-refractivity contribution >= 4 is 5.97 Å². The lowest BCUT2D eigenvalue weighted by atomic mass is 9.43. The molecule has 10 nitrogen and oxygen atoms in total. The third-order valence-electron chi connectivity index (χ3n) is 12.5. The van der Waals surface area contributed by atoms with Gasteiger partial charge in [0.2, 0.25) is 0 Å². The predicted octanol–water partition coefficient (Wildman–Crippen LogP) is 0.716. The Balaban J connectivity index is 1.46. The summed E-state index contributed by atoms with van der Waals surface area (Å²) in [6, 6.07) is 8.46. The maximum absolute atomic E-state index is 13.5. The summed E-state index contributed by atoms with van der Waals surface area (Å²) in [6.07, 6.45) is -2.45. The number of methoxy groups -OCH3 is 4. The molecule has 1 heterocycles. The number of piperidine rings is 1. The van der Waals surface area contributed by atoms with Crippen molar-refractivity contribution in [3.05, 3.63) is 35.9 Å². The van der Waals surface area contributed by atoms with E-state index in [0.29, 0.717) is 12.2 Å². The van der Waals surface area contributed by atoms with Gasteiger partial charge in [-0.2, -0.15) is 0 Å². The van der Waals surface area contributed by atoms with E-state index in [9.17, 15) is 20.1 Å². The molecule has 1 aromatic rings. The number of aliphatic hydroxyl groups excluding tert-OH is 1. The first kappa shape index (κ1) is 28.2. The molecule has 5 aliphatic carbocycles. The molecule has 6 fully saturated rings. The predicted molar refractivity (Wildman–Crippen MR) is 145 cm³/mol. The van der Waals surface area contributed by atoms with Gasteiger partial charge in [0.05, 0.1) is 24.4 Å². The van der Waals surface area contributed by atoms with E-state index in [1.54, 1.807) is 45.6 Å². The second-order valence-electron chi connectivity index (χ2n) is 13.6. The molecular weight excluding hydrogens is 530 g/mol. The summed E-state index contributed by atoms with van der Waals surface area (Å²) >= 11 is 0. The van der Waals surface area contributed by atoms with Gasteiger partial charge in [0.15, 0.2) is 0 Å². The molecule has 1 aromatic carbocycles. The Morgan fingerprint density at radius 1 is 1.02 bits per heavy atom. The number of esters is 1. The van der Waals surface area contributed by atoms with E-state index < -0.39 is 58.8 Å². The number of hydrogen-bond donors (Lipinski definition) is 3. The lowest BCUT2D eigenvalue weighted by Crippen LogP contribution is -2.79. The summed E-state index contributed by atoms with van der Waals surface area (Å²) in [6.45, 7) is 1.29. The molecule has 1 aliphatic heterocycles. The topological polar surface area (TPSA) is 127 Å². The minimum atomic E-state index is -1.76. The average Bonchev–Trinajstić information content (AvgIpc) is 3.36. The monoisotopic (exact) mass is 573 g/mol. The number of fused-ring (bicyclic) bond motifs is 2. The lowest BCUT2D eigenvalue weighted by molar-refractivity contribution is -0.313. The van der Waals surface area contributed by atoms with Crippen LogP contribution in [0.4, 0.5) is 0 Å². The smallest absolute Gasteiger partial charge is 0.338 e. The Morgan fingerprint density at radius 3 is 2.39 bits per heavy atom. The van der Waals surface area contributed by atoms with Crippen molar-refractivity contribution in [1.82, 2.24) is 4.90 Å². The van der Waals surface area contributed by atoms with Gasteiger partial charge in [-0.25, -0.2) is 4.79 Å². The number of carbonyl (C=O) groups excluding carboxylic acids is 1.